The van der Waals surface area contributed by atoms with Gasteiger partial charge in [-0.3, -0.25) is 9.59 Å². The average molecular weight is 220 g/mol. The van der Waals surface area contributed by atoms with E-state index in [2.05, 4.69) is 0 Å². The molecule has 1 rings (SSSR count). The molecular formula is C13H16O3. The molecule has 0 saturated heterocycles. The number of aryl methyl sites for hydroxylation is 2. The number of carbonyl (C=O) groups excluding carboxylic acids is 1. The third kappa shape index (κ3) is 2.92. The molecule has 1 aromatic rings. The molecule has 0 saturated carbocycles. The highest BCUT2D eigenvalue weighted by Gasteiger charge is 2.19. The van der Waals surface area contributed by atoms with Crippen molar-refractivity contribution in [1.82, 2.24) is 0 Å². The molecule has 0 amide bonds. The third-order valence-corrected chi connectivity index (χ3v) is 2.59. The molecule has 0 aliphatic rings. The molecule has 0 aliphatic carbocycles. The first-order valence-electron chi connectivity index (χ1n) is 5.25. The summed E-state index contributed by atoms with van der Waals surface area (Å²) >= 11 is 0. The van der Waals surface area contributed by atoms with Crippen molar-refractivity contribution in [2.75, 3.05) is 0 Å². The van der Waals surface area contributed by atoms with Gasteiger partial charge in [-0.2, -0.15) is 0 Å². The molecule has 0 bridgehead atoms. The van der Waals surface area contributed by atoms with Crippen LogP contribution in [-0.4, -0.2) is 16.9 Å². The van der Waals surface area contributed by atoms with E-state index in [1.807, 2.05) is 32.0 Å². The van der Waals surface area contributed by atoms with Crippen molar-refractivity contribution >= 4 is 11.8 Å². The Morgan fingerprint density at radius 1 is 1.31 bits per heavy atom. The van der Waals surface area contributed by atoms with Crippen molar-refractivity contribution in [1.29, 1.82) is 0 Å². The van der Waals surface area contributed by atoms with Crippen molar-refractivity contribution in [2.24, 2.45) is 5.92 Å². The van der Waals surface area contributed by atoms with Gasteiger partial charge in [0.25, 0.3) is 0 Å². The standard InChI is InChI=1S/C13H16O3/c1-8-4-5-9(2)11(6-8)13(16)10(3)7-12(14)15/h4-6,10H,7H2,1-3H3,(H,14,15). The first kappa shape index (κ1) is 12.4. The van der Waals surface area contributed by atoms with Crippen LogP contribution >= 0.6 is 0 Å². The molecule has 1 aromatic carbocycles. The predicted molar refractivity (Wildman–Crippen MR) is 61.7 cm³/mol. The molecule has 0 spiro atoms. The molecule has 3 heteroatoms. The van der Waals surface area contributed by atoms with E-state index in [1.165, 1.54) is 0 Å². The van der Waals surface area contributed by atoms with E-state index in [0.717, 1.165) is 11.1 Å². The molecule has 1 N–H and O–H groups in total. The summed E-state index contributed by atoms with van der Waals surface area (Å²) < 4.78 is 0. The molecule has 1 unspecified atom stereocenters. The molecule has 0 aromatic heterocycles. The van der Waals surface area contributed by atoms with E-state index in [0.29, 0.717) is 5.56 Å². The van der Waals surface area contributed by atoms with E-state index >= 15 is 0 Å². The topological polar surface area (TPSA) is 54.4 Å². The molecule has 0 aliphatic heterocycles. The Morgan fingerprint density at radius 3 is 2.50 bits per heavy atom. The lowest BCUT2D eigenvalue weighted by molar-refractivity contribution is -0.137. The number of carboxylic acids is 1. The zero-order valence-corrected chi connectivity index (χ0v) is 9.78. The Labute approximate surface area is 95.1 Å². The second-order valence-corrected chi connectivity index (χ2v) is 4.18. The van der Waals surface area contributed by atoms with E-state index in [4.69, 9.17) is 5.11 Å². The molecule has 16 heavy (non-hydrogen) atoms. The lowest BCUT2D eigenvalue weighted by Gasteiger charge is -2.10. The summed E-state index contributed by atoms with van der Waals surface area (Å²) in [7, 11) is 0. The maximum Gasteiger partial charge on any atom is 0.304 e. The van der Waals surface area contributed by atoms with Crippen LogP contribution in [0.15, 0.2) is 18.2 Å². The number of ketones is 1. The number of rotatable bonds is 4. The van der Waals surface area contributed by atoms with Crippen LogP contribution in [0.25, 0.3) is 0 Å². The smallest absolute Gasteiger partial charge is 0.304 e. The van der Waals surface area contributed by atoms with Gasteiger partial charge in [0.1, 0.15) is 0 Å². The first-order chi connectivity index (χ1) is 7.41. The number of aliphatic carboxylic acids is 1. The SMILES string of the molecule is Cc1ccc(C)c(C(=O)C(C)CC(=O)O)c1. The number of hydrogen-bond acceptors (Lipinski definition) is 2. The van der Waals surface area contributed by atoms with Gasteiger partial charge < -0.3 is 5.11 Å². The largest absolute Gasteiger partial charge is 0.481 e. The van der Waals surface area contributed by atoms with Crippen LogP contribution in [0.2, 0.25) is 0 Å². The summed E-state index contributed by atoms with van der Waals surface area (Å²) in [6, 6.07) is 5.64. The van der Waals surface area contributed by atoms with Crippen LogP contribution in [0.3, 0.4) is 0 Å². The highest BCUT2D eigenvalue weighted by atomic mass is 16.4. The fourth-order valence-corrected chi connectivity index (χ4v) is 1.62. The van der Waals surface area contributed by atoms with Gasteiger partial charge in [0.2, 0.25) is 0 Å². The summed E-state index contributed by atoms with van der Waals surface area (Å²) in [6.07, 6.45) is -0.119. The Kier molecular flexibility index (Phi) is 3.82. The molecular weight excluding hydrogens is 204 g/mol. The van der Waals surface area contributed by atoms with Crippen molar-refractivity contribution in [3.8, 4) is 0 Å². The van der Waals surface area contributed by atoms with Gasteiger partial charge >= 0.3 is 5.97 Å². The minimum Gasteiger partial charge on any atom is -0.481 e. The van der Waals surface area contributed by atoms with Gasteiger partial charge in [0.15, 0.2) is 5.78 Å². The van der Waals surface area contributed by atoms with Crippen LogP contribution in [0.1, 0.15) is 34.8 Å². The predicted octanol–water partition coefficient (Wildman–Crippen LogP) is 2.60. The van der Waals surface area contributed by atoms with Crippen molar-refractivity contribution in [2.45, 2.75) is 27.2 Å². The van der Waals surface area contributed by atoms with Gasteiger partial charge in [-0.05, 0) is 25.5 Å². The number of benzene rings is 1. The summed E-state index contributed by atoms with van der Waals surface area (Å²) in [6.45, 7) is 5.43. The number of Topliss-reactive ketones (excluding diaryl/α,β-unsaturated/α-hetero) is 1. The summed E-state index contributed by atoms with van der Waals surface area (Å²) in [5, 5.41) is 8.65. The second-order valence-electron chi connectivity index (χ2n) is 4.18. The van der Waals surface area contributed by atoms with E-state index in [-0.39, 0.29) is 12.2 Å². The summed E-state index contributed by atoms with van der Waals surface area (Å²) in [5.74, 6) is -1.51. The Morgan fingerprint density at radius 2 is 1.94 bits per heavy atom. The molecule has 0 fully saturated rings. The van der Waals surface area contributed by atoms with Gasteiger partial charge in [0.05, 0.1) is 6.42 Å². The summed E-state index contributed by atoms with van der Waals surface area (Å²) in [4.78, 5) is 22.5. The maximum atomic E-state index is 12.0. The summed E-state index contributed by atoms with van der Waals surface area (Å²) in [5.41, 5.74) is 2.54. The highest BCUT2D eigenvalue weighted by Crippen LogP contribution is 2.17. The lowest BCUT2D eigenvalue weighted by Crippen LogP contribution is -2.16. The minimum atomic E-state index is -0.939. The normalized spacial score (nSPS) is 12.2. The van der Waals surface area contributed by atoms with Crippen LogP contribution in [0, 0.1) is 19.8 Å². The van der Waals surface area contributed by atoms with E-state index < -0.39 is 11.9 Å². The van der Waals surface area contributed by atoms with Crippen LogP contribution in [-0.2, 0) is 4.79 Å². The molecule has 0 heterocycles. The van der Waals surface area contributed by atoms with Gasteiger partial charge in [-0.1, -0.05) is 24.6 Å². The Balaban J connectivity index is 2.95. The fraction of sp³-hybridized carbons (Fsp3) is 0.385. The van der Waals surface area contributed by atoms with Crippen LogP contribution in [0.4, 0.5) is 0 Å². The highest BCUT2D eigenvalue weighted by molar-refractivity contribution is 6.00. The van der Waals surface area contributed by atoms with E-state index in [9.17, 15) is 9.59 Å². The monoisotopic (exact) mass is 220 g/mol. The Bertz CT molecular complexity index is 421. The Hall–Kier alpha value is -1.64. The van der Waals surface area contributed by atoms with Crippen molar-refractivity contribution in [3.05, 3.63) is 34.9 Å². The molecule has 3 nitrogen and oxygen atoms in total. The average Bonchev–Trinajstić information content (AvgIpc) is 2.19. The first-order valence-corrected chi connectivity index (χ1v) is 5.25. The van der Waals surface area contributed by atoms with Gasteiger partial charge in [-0.25, -0.2) is 0 Å². The third-order valence-electron chi connectivity index (χ3n) is 2.59. The van der Waals surface area contributed by atoms with Gasteiger partial charge in [-0.15, -0.1) is 0 Å². The number of hydrogen-bond donors (Lipinski definition) is 1. The van der Waals surface area contributed by atoms with Crippen LogP contribution < -0.4 is 0 Å². The molecule has 86 valence electrons. The second kappa shape index (κ2) is 4.92. The quantitative estimate of drug-likeness (QED) is 0.793. The molecule has 0 radical (unpaired) electrons. The zero-order valence-electron chi connectivity index (χ0n) is 9.78. The number of carboxylic acid groups (broad SMARTS) is 1. The van der Waals surface area contributed by atoms with Crippen LogP contribution in [0.5, 0.6) is 0 Å². The van der Waals surface area contributed by atoms with Crippen molar-refractivity contribution in [3.63, 3.8) is 0 Å². The minimum absolute atomic E-state index is 0.0939. The fourth-order valence-electron chi connectivity index (χ4n) is 1.62. The number of carbonyl (C=O) groups is 2. The lowest BCUT2D eigenvalue weighted by atomic mass is 9.92. The maximum absolute atomic E-state index is 12.0. The zero-order chi connectivity index (χ0) is 12.3. The van der Waals surface area contributed by atoms with Crippen molar-refractivity contribution < 1.29 is 14.7 Å². The van der Waals surface area contributed by atoms with E-state index in [1.54, 1.807) is 6.92 Å². The van der Waals surface area contributed by atoms with Gasteiger partial charge in [0, 0.05) is 11.5 Å². The molecule has 1 atom stereocenters.